The molecular formula is C16H19NOS. The summed E-state index contributed by atoms with van der Waals surface area (Å²) in [5, 5.41) is 15.5. The fraction of sp³-hybridized carbons (Fsp3) is 0.375. The molecule has 19 heavy (non-hydrogen) atoms. The Morgan fingerprint density at radius 2 is 2.00 bits per heavy atom. The van der Waals surface area contributed by atoms with Crippen LogP contribution in [-0.2, 0) is 19.4 Å². The van der Waals surface area contributed by atoms with Gasteiger partial charge in [-0.05, 0) is 41.8 Å². The molecule has 0 saturated heterocycles. The second-order valence-electron chi connectivity index (χ2n) is 5.32. The van der Waals surface area contributed by atoms with E-state index in [2.05, 4.69) is 47.1 Å². The van der Waals surface area contributed by atoms with Gasteiger partial charge in [-0.25, -0.2) is 0 Å². The molecule has 1 aromatic heterocycles. The van der Waals surface area contributed by atoms with Crippen LogP contribution >= 0.6 is 11.3 Å². The van der Waals surface area contributed by atoms with Gasteiger partial charge in [0, 0.05) is 17.0 Å². The van der Waals surface area contributed by atoms with Gasteiger partial charge in [0.25, 0.3) is 0 Å². The molecule has 2 aromatic rings. The smallest absolute Gasteiger partial charge is 0.0616 e. The van der Waals surface area contributed by atoms with Gasteiger partial charge in [-0.3, -0.25) is 0 Å². The van der Waals surface area contributed by atoms with Crippen molar-refractivity contribution in [2.24, 2.45) is 0 Å². The summed E-state index contributed by atoms with van der Waals surface area (Å²) in [6, 6.07) is 12.8. The van der Waals surface area contributed by atoms with Crippen molar-refractivity contribution in [1.82, 2.24) is 5.32 Å². The van der Waals surface area contributed by atoms with Crippen LogP contribution in [0.25, 0.3) is 0 Å². The number of thiophene rings is 1. The summed E-state index contributed by atoms with van der Waals surface area (Å²) in [5.41, 5.74) is 2.66. The van der Waals surface area contributed by atoms with E-state index in [0.29, 0.717) is 0 Å². The Kier molecular flexibility index (Phi) is 3.69. The van der Waals surface area contributed by atoms with E-state index in [4.69, 9.17) is 0 Å². The van der Waals surface area contributed by atoms with Gasteiger partial charge >= 0.3 is 0 Å². The number of aliphatic hydroxyl groups is 1. The number of rotatable bonds is 4. The van der Waals surface area contributed by atoms with Crippen molar-refractivity contribution >= 4 is 11.3 Å². The lowest BCUT2D eigenvalue weighted by molar-refractivity contribution is 0.143. The van der Waals surface area contributed by atoms with Gasteiger partial charge in [0.1, 0.15) is 0 Å². The van der Waals surface area contributed by atoms with Crippen molar-refractivity contribution in [2.75, 3.05) is 6.61 Å². The molecule has 1 heterocycles. The summed E-state index contributed by atoms with van der Waals surface area (Å²) in [6.07, 6.45) is 2.98. The molecule has 0 radical (unpaired) electrons. The van der Waals surface area contributed by atoms with Crippen molar-refractivity contribution in [1.29, 1.82) is 0 Å². The van der Waals surface area contributed by atoms with E-state index in [1.165, 1.54) is 16.0 Å². The van der Waals surface area contributed by atoms with E-state index in [-0.39, 0.29) is 12.1 Å². The molecule has 3 rings (SSSR count). The molecule has 3 heteroatoms. The quantitative estimate of drug-likeness (QED) is 0.898. The largest absolute Gasteiger partial charge is 0.394 e. The first kappa shape index (κ1) is 12.9. The summed E-state index contributed by atoms with van der Waals surface area (Å²) >= 11 is 1.76. The highest BCUT2D eigenvalue weighted by atomic mass is 32.1. The first-order valence-electron chi connectivity index (χ1n) is 6.76. The lowest BCUT2D eigenvalue weighted by Crippen LogP contribution is -2.52. The van der Waals surface area contributed by atoms with E-state index in [9.17, 15) is 5.11 Å². The summed E-state index contributed by atoms with van der Waals surface area (Å²) in [6.45, 7) is 1.05. The standard InChI is InChI=1S/C16H19NOS/c18-12-16(17-11-15-6-3-9-19-15)8-7-13-4-1-2-5-14(13)10-16/h1-6,9,17-18H,7-8,10-12H2. The first-order chi connectivity index (χ1) is 9.31. The molecule has 1 atom stereocenters. The van der Waals surface area contributed by atoms with Crippen molar-refractivity contribution in [3.05, 3.63) is 57.8 Å². The highest BCUT2D eigenvalue weighted by Gasteiger charge is 2.33. The normalized spacial score (nSPS) is 22.2. The molecule has 0 amide bonds. The van der Waals surface area contributed by atoms with Crippen LogP contribution in [0.4, 0.5) is 0 Å². The van der Waals surface area contributed by atoms with Crippen LogP contribution in [0, 0.1) is 0 Å². The molecule has 0 fully saturated rings. The van der Waals surface area contributed by atoms with E-state index < -0.39 is 0 Å². The zero-order valence-corrected chi connectivity index (χ0v) is 11.7. The minimum Gasteiger partial charge on any atom is -0.394 e. The molecule has 1 unspecified atom stereocenters. The zero-order valence-electron chi connectivity index (χ0n) is 10.9. The van der Waals surface area contributed by atoms with Crippen LogP contribution < -0.4 is 5.32 Å². The van der Waals surface area contributed by atoms with Crippen LogP contribution in [0.3, 0.4) is 0 Å². The molecule has 2 N–H and O–H groups in total. The van der Waals surface area contributed by atoms with Crippen molar-refractivity contribution in [3.63, 3.8) is 0 Å². The molecule has 0 saturated carbocycles. The molecule has 1 aliphatic rings. The molecule has 1 aliphatic carbocycles. The number of hydrogen-bond donors (Lipinski definition) is 2. The first-order valence-corrected chi connectivity index (χ1v) is 7.64. The number of benzene rings is 1. The lowest BCUT2D eigenvalue weighted by atomic mass is 9.78. The molecule has 2 nitrogen and oxygen atoms in total. The minimum absolute atomic E-state index is 0.154. The number of aliphatic hydroxyl groups excluding tert-OH is 1. The van der Waals surface area contributed by atoms with Gasteiger partial charge in [-0.1, -0.05) is 30.3 Å². The average Bonchev–Trinajstić information content (AvgIpc) is 2.98. The Morgan fingerprint density at radius 1 is 1.16 bits per heavy atom. The highest BCUT2D eigenvalue weighted by molar-refractivity contribution is 7.09. The fourth-order valence-corrected chi connectivity index (χ4v) is 3.47. The predicted octanol–water partition coefficient (Wildman–Crippen LogP) is 2.76. The van der Waals surface area contributed by atoms with Gasteiger partial charge in [0.05, 0.1) is 6.61 Å². The third kappa shape index (κ3) is 2.73. The van der Waals surface area contributed by atoms with Gasteiger partial charge in [0.2, 0.25) is 0 Å². The Bertz CT molecular complexity index is 537. The van der Waals surface area contributed by atoms with Crippen LogP contribution in [0.5, 0.6) is 0 Å². The SMILES string of the molecule is OCC1(NCc2cccs2)CCc2ccccc2C1. The maximum absolute atomic E-state index is 9.84. The summed E-state index contributed by atoms with van der Waals surface area (Å²) in [5.74, 6) is 0. The number of nitrogens with one attached hydrogen (secondary N) is 1. The van der Waals surface area contributed by atoms with Gasteiger partial charge in [-0.15, -0.1) is 11.3 Å². The molecular weight excluding hydrogens is 254 g/mol. The van der Waals surface area contributed by atoms with Gasteiger partial charge in [-0.2, -0.15) is 0 Å². The summed E-state index contributed by atoms with van der Waals surface area (Å²) < 4.78 is 0. The molecule has 0 spiro atoms. The Labute approximate surface area is 118 Å². The maximum Gasteiger partial charge on any atom is 0.0616 e. The predicted molar refractivity (Wildman–Crippen MR) is 79.4 cm³/mol. The third-order valence-corrected chi connectivity index (χ3v) is 4.92. The van der Waals surface area contributed by atoms with Crippen molar-refractivity contribution < 1.29 is 5.11 Å². The second-order valence-corrected chi connectivity index (χ2v) is 6.35. The van der Waals surface area contributed by atoms with Crippen molar-refractivity contribution in [2.45, 2.75) is 31.3 Å². The van der Waals surface area contributed by atoms with Gasteiger partial charge < -0.3 is 10.4 Å². The van der Waals surface area contributed by atoms with Crippen LogP contribution in [0.2, 0.25) is 0 Å². The average molecular weight is 273 g/mol. The van der Waals surface area contributed by atoms with Crippen LogP contribution in [0.15, 0.2) is 41.8 Å². The molecule has 1 aromatic carbocycles. The maximum atomic E-state index is 9.84. The van der Waals surface area contributed by atoms with E-state index >= 15 is 0 Å². The topological polar surface area (TPSA) is 32.3 Å². The van der Waals surface area contributed by atoms with E-state index in [1.807, 2.05) is 0 Å². The monoisotopic (exact) mass is 273 g/mol. The second kappa shape index (κ2) is 5.45. The van der Waals surface area contributed by atoms with E-state index in [1.54, 1.807) is 11.3 Å². The highest BCUT2D eigenvalue weighted by Crippen LogP contribution is 2.29. The number of aryl methyl sites for hydroxylation is 1. The number of fused-ring (bicyclic) bond motifs is 1. The van der Waals surface area contributed by atoms with Crippen LogP contribution in [0.1, 0.15) is 22.4 Å². The van der Waals surface area contributed by atoms with Crippen LogP contribution in [-0.4, -0.2) is 17.3 Å². The lowest BCUT2D eigenvalue weighted by Gasteiger charge is -2.37. The molecule has 0 bridgehead atoms. The minimum atomic E-state index is -0.154. The molecule has 100 valence electrons. The van der Waals surface area contributed by atoms with Crippen molar-refractivity contribution in [3.8, 4) is 0 Å². The summed E-state index contributed by atoms with van der Waals surface area (Å²) in [4.78, 5) is 1.33. The van der Waals surface area contributed by atoms with Gasteiger partial charge in [0.15, 0.2) is 0 Å². The number of hydrogen-bond acceptors (Lipinski definition) is 3. The summed E-state index contributed by atoms with van der Waals surface area (Å²) in [7, 11) is 0. The fourth-order valence-electron chi connectivity index (χ4n) is 2.83. The zero-order chi connectivity index (χ0) is 13.1. The Morgan fingerprint density at radius 3 is 2.74 bits per heavy atom. The Hall–Kier alpha value is -1.16. The Balaban J connectivity index is 1.74. The third-order valence-electron chi connectivity index (χ3n) is 4.04. The van der Waals surface area contributed by atoms with E-state index in [0.717, 1.165) is 25.8 Å². The molecule has 0 aliphatic heterocycles.